The van der Waals surface area contributed by atoms with Crippen molar-refractivity contribution in [1.82, 2.24) is 0 Å². The van der Waals surface area contributed by atoms with Gasteiger partial charge in [0.2, 0.25) is 11.8 Å². The summed E-state index contributed by atoms with van der Waals surface area (Å²) in [7, 11) is 3.24. The predicted octanol–water partition coefficient (Wildman–Crippen LogP) is 7.26. The van der Waals surface area contributed by atoms with Gasteiger partial charge in [0.15, 0.2) is 0 Å². The first-order valence-corrected chi connectivity index (χ1v) is 13.0. The van der Waals surface area contributed by atoms with Gasteiger partial charge in [-0.2, -0.15) is 5.11 Å². The molecule has 0 aliphatic heterocycles. The summed E-state index contributed by atoms with van der Waals surface area (Å²) in [5.74, 6) is 1.24. The first kappa shape index (κ1) is 28.0. The van der Waals surface area contributed by atoms with Crippen LogP contribution in [-0.4, -0.2) is 26.0 Å². The topological polar surface area (TPSA) is 101 Å². The van der Waals surface area contributed by atoms with Crippen molar-refractivity contribution in [2.45, 2.75) is 25.7 Å². The Kier molecular flexibility index (Phi) is 9.99. The summed E-state index contributed by atoms with van der Waals surface area (Å²) in [5, 5.41) is 14.5. The van der Waals surface area contributed by atoms with Gasteiger partial charge in [-0.15, -0.1) is 5.11 Å². The molecule has 204 valence electrons. The highest BCUT2D eigenvalue weighted by molar-refractivity contribution is 5.96. The van der Waals surface area contributed by atoms with Crippen LogP contribution in [0.3, 0.4) is 0 Å². The summed E-state index contributed by atoms with van der Waals surface area (Å²) in [6.45, 7) is 0. The fourth-order valence-electron chi connectivity index (χ4n) is 3.94. The first-order valence-electron chi connectivity index (χ1n) is 13.0. The van der Waals surface area contributed by atoms with Gasteiger partial charge >= 0.3 is 0 Å². The van der Waals surface area contributed by atoms with Gasteiger partial charge in [0, 0.05) is 18.5 Å². The summed E-state index contributed by atoms with van der Waals surface area (Å²) in [6, 6.07) is 29.8. The van der Waals surface area contributed by atoms with Crippen LogP contribution in [0.15, 0.2) is 107 Å². The molecule has 0 aliphatic carbocycles. The standard InChI is InChI=1S/C32H32N4O4/c1-39-27-15-8-23(9-16-27)12-20-31(37)33-26-14-19-29(36-35-25-6-4-3-5-7-25)30(22-26)34-32(38)21-13-24-10-17-28(40-2)18-11-24/h3-11,14-19,22H,12-13,20-21H2,1-2H3,(H,33,37)(H,34,38). The van der Waals surface area contributed by atoms with Crippen molar-refractivity contribution in [3.63, 3.8) is 0 Å². The van der Waals surface area contributed by atoms with E-state index in [1.807, 2.05) is 78.9 Å². The highest BCUT2D eigenvalue weighted by atomic mass is 16.5. The molecule has 0 saturated heterocycles. The van der Waals surface area contributed by atoms with Crippen molar-refractivity contribution >= 4 is 34.6 Å². The second-order valence-corrected chi connectivity index (χ2v) is 9.06. The molecule has 0 atom stereocenters. The van der Waals surface area contributed by atoms with Crippen LogP contribution in [0.2, 0.25) is 0 Å². The second kappa shape index (κ2) is 14.2. The molecule has 0 aromatic heterocycles. The van der Waals surface area contributed by atoms with Crippen molar-refractivity contribution in [2.24, 2.45) is 10.2 Å². The number of carbonyl (C=O) groups is 2. The van der Waals surface area contributed by atoms with E-state index in [1.165, 1.54) is 0 Å². The number of methoxy groups -OCH3 is 2. The summed E-state index contributed by atoms with van der Waals surface area (Å²) in [4.78, 5) is 25.5. The Balaban J connectivity index is 1.43. The van der Waals surface area contributed by atoms with Gasteiger partial charge in [-0.1, -0.05) is 42.5 Å². The average Bonchev–Trinajstić information content (AvgIpc) is 2.99. The molecule has 8 heteroatoms. The Morgan fingerprint density at radius 1 is 0.650 bits per heavy atom. The summed E-state index contributed by atoms with van der Waals surface area (Å²) in [6.07, 6.45) is 1.75. The minimum absolute atomic E-state index is 0.133. The number of carbonyl (C=O) groups excluding carboxylic acids is 2. The van der Waals surface area contributed by atoms with Crippen LogP contribution in [0, 0.1) is 0 Å². The molecule has 8 nitrogen and oxygen atoms in total. The lowest BCUT2D eigenvalue weighted by molar-refractivity contribution is -0.116. The Labute approximate surface area is 234 Å². The molecule has 0 heterocycles. The molecule has 4 aromatic carbocycles. The molecule has 0 fully saturated rings. The molecule has 0 unspecified atom stereocenters. The molecular weight excluding hydrogens is 504 g/mol. The van der Waals surface area contributed by atoms with E-state index in [0.29, 0.717) is 42.0 Å². The van der Waals surface area contributed by atoms with Crippen molar-refractivity contribution in [3.05, 3.63) is 108 Å². The number of ether oxygens (including phenoxy) is 2. The largest absolute Gasteiger partial charge is 0.497 e. The van der Waals surface area contributed by atoms with Gasteiger partial charge in [-0.3, -0.25) is 9.59 Å². The SMILES string of the molecule is COc1ccc(CCC(=O)Nc2ccc(N=Nc3ccccc3)c(NC(=O)CCc3ccc(OC)cc3)c2)cc1. The Morgan fingerprint density at radius 2 is 1.20 bits per heavy atom. The third-order valence-electron chi connectivity index (χ3n) is 6.18. The van der Waals surface area contributed by atoms with E-state index in [9.17, 15) is 9.59 Å². The van der Waals surface area contributed by atoms with Crippen LogP contribution >= 0.6 is 0 Å². The number of benzene rings is 4. The van der Waals surface area contributed by atoms with E-state index < -0.39 is 0 Å². The molecule has 0 bridgehead atoms. The molecule has 0 spiro atoms. The molecule has 2 N–H and O–H groups in total. The summed E-state index contributed by atoms with van der Waals surface area (Å²) in [5.41, 5.74) is 4.26. The normalized spacial score (nSPS) is 10.8. The lowest BCUT2D eigenvalue weighted by Crippen LogP contribution is -2.14. The van der Waals surface area contributed by atoms with Crippen LogP contribution in [0.25, 0.3) is 0 Å². The van der Waals surface area contributed by atoms with Crippen LogP contribution < -0.4 is 20.1 Å². The van der Waals surface area contributed by atoms with Crippen LogP contribution in [-0.2, 0) is 22.4 Å². The monoisotopic (exact) mass is 536 g/mol. The molecule has 0 saturated carbocycles. The zero-order chi connectivity index (χ0) is 28.2. The molecule has 4 aromatic rings. The minimum atomic E-state index is -0.171. The van der Waals surface area contributed by atoms with Gasteiger partial charge in [0.1, 0.15) is 17.2 Å². The Hall–Kier alpha value is -4.98. The van der Waals surface area contributed by atoms with Gasteiger partial charge in [0.25, 0.3) is 0 Å². The molecule has 40 heavy (non-hydrogen) atoms. The van der Waals surface area contributed by atoms with Gasteiger partial charge in [-0.25, -0.2) is 0 Å². The lowest BCUT2D eigenvalue weighted by atomic mass is 10.1. The zero-order valence-corrected chi connectivity index (χ0v) is 22.6. The van der Waals surface area contributed by atoms with Crippen molar-refractivity contribution in [2.75, 3.05) is 24.9 Å². The first-order chi connectivity index (χ1) is 19.5. The van der Waals surface area contributed by atoms with Gasteiger partial charge in [-0.05, 0) is 78.6 Å². The fraction of sp³-hybridized carbons (Fsp3) is 0.188. The number of nitrogens with one attached hydrogen (secondary N) is 2. The molecule has 0 aliphatic rings. The molecule has 2 amide bonds. The third kappa shape index (κ3) is 8.52. The van der Waals surface area contributed by atoms with Crippen molar-refractivity contribution in [1.29, 1.82) is 0 Å². The number of hydrogen-bond donors (Lipinski definition) is 2. The minimum Gasteiger partial charge on any atom is -0.497 e. The summed E-state index contributed by atoms with van der Waals surface area (Å²) >= 11 is 0. The van der Waals surface area contributed by atoms with E-state index in [0.717, 1.165) is 22.6 Å². The number of amides is 2. The number of anilines is 2. The maximum absolute atomic E-state index is 12.9. The van der Waals surface area contributed by atoms with Crippen LogP contribution in [0.4, 0.5) is 22.7 Å². The van der Waals surface area contributed by atoms with Crippen molar-refractivity contribution in [3.8, 4) is 11.5 Å². The molecular formula is C32H32N4O4. The average molecular weight is 537 g/mol. The van der Waals surface area contributed by atoms with Gasteiger partial charge in [0.05, 0.1) is 25.6 Å². The number of aryl methyl sites for hydroxylation is 2. The summed E-state index contributed by atoms with van der Waals surface area (Å²) < 4.78 is 10.4. The van der Waals surface area contributed by atoms with Gasteiger partial charge < -0.3 is 20.1 Å². The highest BCUT2D eigenvalue weighted by Gasteiger charge is 2.11. The zero-order valence-electron chi connectivity index (χ0n) is 22.6. The molecule has 4 rings (SSSR count). The van der Waals surface area contributed by atoms with E-state index in [1.54, 1.807) is 32.4 Å². The predicted molar refractivity (Wildman–Crippen MR) is 157 cm³/mol. The van der Waals surface area contributed by atoms with E-state index in [2.05, 4.69) is 20.9 Å². The van der Waals surface area contributed by atoms with Crippen LogP contribution in [0.5, 0.6) is 11.5 Å². The quantitative estimate of drug-likeness (QED) is 0.186. The number of nitrogens with zero attached hydrogens (tertiary/aromatic N) is 2. The molecule has 0 radical (unpaired) electrons. The maximum atomic E-state index is 12.9. The Morgan fingerprint density at radius 3 is 1.75 bits per heavy atom. The second-order valence-electron chi connectivity index (χ2n) is 9.06. The number of hydrogen-bond acceptors (Lipinski definition) is 6. The van der Waals surface area contributed by atoms with Crippen molar-refractivity contribution < 1.29 is 19.1 Å². The number of azo groups is 1. The van der Waals surface area contributed by atoms with E-state index >= 15 is 0 Å². The maximum Gasteiger partial charge on any atom is 0.224 e. The Bertz CT molecular complexity index is 1440. The van der Waals surface area contributed by atoms with Crippen LogP contribution in [0.1, 0.15) is 24.0 Å². The van der Waals surface area contributed by atoms with E-state index in [4.69, 9.17) is 9.47 Å². The lowest BCUT2D eigenvalue weighted by Gasteiger charge is -2.12. The highest BCUT2D eigenvalue weighted by Crippen LogP contribution is 2.30. The van der Waals surface area contributed by atoms with E-state index in [-0.39, 0.29) is 18.2 Å². The smallest absolute Gasteiger partial charge is 0.224 e. The number of rotatable bonds is 12. The third-order valence-corrected chi connectivity index (χ3v) is 6.18. The fourth-order valence-corrected chi connectivity index (χ4v) is 3.94.